The summed E-state index contributed by atoms with van der Waals surface area (Å²) in [6.45, 7) is 4.27. The summed E-state index contributed by atoms with van der Waals surface area (Å²) in [4.78, 5) is 12.1. The quantitative estimate of drug-likeness (QED) is 0.811. The number of methoxy groups -OCH3 is 1. The molecule has 0 radical (unpaired) electrons. The van der Waals surface area contributed by atoms with E-state index in [4.69, 9.17) is 4.74 Å². The first-order valence-electron chi connectivity index (χ1n) is 5.53. The molecule has 4 nitrogen and oxygen atoms in total. The zero-order valence-corrected chi connectivity index (χ0v) is 10.2. The highest BCUT2D eigenvalue weighted by molar-refractivity contribution is 5.66. The predicted octanol–water partition coefficient (Wildman–Crippen LogP) is 2.67. The molecule has 2 aromatic rings. The Kier molecular flexibility index (Phi) is 3.32. The summed E-state index contributed by atoms with van der Waals surface area (Å²) in [6, 6.07) is 6.02. The molecule has 0 unspecified atom stereocenters. The Morgan fingerprint density at radius 2 is 1.82 bits per heavy atom. The molecule has 0 amide bonds. The number of rotatable bonds is 3. The van der Waals surface area contributed by atoms with Gasteiger partial charge in [0.2, 0.25) is 0 Å². The van der Waals surface area contributed by atoms with Crippen LogP contribution in [0.4, 0.5) is 0 Å². The van der Waals surface area contributed by atoms with Gasteiger partial charge in [-0.2, -0.15) is 0 Å². The van der Waals surface area contributed by atoms with E-state index < -0.39 is 0 Å². The molecule has 0 fully saturated rings. The summed E-state index contributed by atoms with van der Waals surface area (Å²) in [7, 11) is 1.67. The number of para-hydroxylation sites is 1. The van der Waals surface area contributed by atoms with Gasteiger partial charge in [0.1, 0.15) is 18.4 Å². The van der Waals surface area contributed by atoms with Gasteiger partial charge < -0.3 is 4.74 Å². The number of benzene rings is 1. The molecular formula is C13H15N3O. The molecule has 88 valence electrons. The molecule has 1 heterocycles. The van der Waals surface area contributed by atoms with Crippen molar-refractivity contribution in [1.29, 1.82) is 0 Å². The van der Waals surface area contributed by atoms with Gasteiger partial charge in [-0.1, -0.05) is 26.0 Å². The summed E-state index contributed by atoms with van der Waals surface area (Å²) in [5.74, 6) is 1.87. The number of hydrogen-bond donors (Lipinski definition) is 0. The molecule has 4 heteroatoms. The number of aromatic nitrogens is 3. The highest BCUT2D eigenvalue weighted by Crippen LogP contribution is 2.34. The van der Waals surface area contributed by atoms with Crippen molar-refractivity contribution < 1.29 is 4.74 Å². The van der Waals surface area contributed by atoms with Crippen LogP contribution in [0.5, 0.6) is 5.75 Å². The molecule has 0 spiro atoms. The SMILES string of the molecule is COc1c(-c2ncncn2)cccc1C(C)C. The second-order valence-electron chi connectivity index (χ2n) is 4.04. The van der Waals surface area contributed by atoms with Crippen LogP contribution in [0.15, 0.2) is 30.9 Å². The molecule has 0 saturated heterocycles. The monoisotopic (exact) mass is 229 g/mol. The van der Waals surface area contributed by atoms with E-state index in [0.29, 0.717) is 11.7 Å². The zero-order valence-electron chi connectivity index (χ0n) is 10.2. The van der Waals surface area contributed by atoms with Gasteiger partial charge in [-0.05, 0) is 17.5 Å². The lowest BCUT2D eigenvalue weighted by Crippen LogP contribution is -1.98. The van der Waals surface area contributed by atoms with Crippen LogP contribution in [0.2, 0.25) is 0 Å². The molecule has 0 aliphatic rings. The largest absolute Gasteiger partial charge is 0.496 e. The molecule has 17 heavy (non-hydrogen) atoms. The Morgan fingerprint density at radius 1 is 1.12 bits per heavy atom. The van der Waals surface area contributed by atoms with Crippen molar-refractivity contribution in [1.82, 2.24) is 15.0 Å². The van der Waals surface area contributed by atoms with Crippen molar-refractivity contribution >= 4 is 0 Å². The predicted molar refractivity (Wildman–Crippen MR) is 65.9 cm³/mol. The number of nitrogens with zero attached hydrogens (tertiary/aromatic N) is 3. The Balaban J connectivity index is 2.59. The molecule has 0 aliphatic heterocycles. The van der Waals surface area contributed by atoms with Crippen LogP contribution in [-0.4, -0.2) is 22.1 Å². The van der Waals surface area contributed by atoms with Crippen molar-refractivity contribution in [3.05, 3.63) is 36.4 Å². The van der Waals surface area contributed by atoms with Gasteiger partial charge in [-0.25, -0.2) is 15.0 Å². The maximum Gasteiger partial charge on any atom is 0.166 e. The normalized spacial score (nSPS) is 10.6. The summed E-state index contributed by atoms with van der Waals surface area (Å²) in [5, 5.41) is 0. The summed E-state index contributed by atoms with van der Waals surface area (Å²) < 4.78 is 5.49. The van der Waals surface area contributed by atoms with E-state index in [2.05, 4.69) is 34.9 Å². The van der Waals surface area contributed by atoms with Crippen molar-refractivity contribution in [2.45, 2.75) is 19.8 Å². The smallest absolute Gasteiger partial charge is 0.166 e. The van der Waals surface area contributed by atoms with E-state index in [0.717, 1.165) is 16.9 Å². The third-order valence-corrected chi connectivity index (χ3v) is 2.61. The lowest BCUT2D eigenvalue weighted by Gasteiger charge is -2.14. The van der Waals surface area contributed by atoms with Crippen LogP contribution in [0.25, 0.3) is 11.4 Å². The molecule has 2 rings (SSSR count). The van der Waals surface area contributed by atoms with Gasteiger partial charge in [0.25, 0.3) is 0 Å². The van der Waals surface area contributed by atoms with Crippen LogP contribution in [0, 0.1) is 0 Å². The van der Waals surface area contributed by atoms with Gasteiger partial charge in [0.15, 0.2) is 5.82 Å². The first-order valence-corrected chi connectivity index (χ1v) is 5.53. The van der Waals surface area contributed by atoms with Crippen molar-refractivity contribution in [2.24, 2.45) is 0 Å². The highest BCUT2D eigenvalue weighted by Gasteiger charge is 2.14. The van der Waals surface area contributed by atoms with E-state index in [1.54, 1.807) is 7.11 Å². The average Bonchev–Trinajstić information content (AvgIpc) is 2.38. The zero-order chi connectivity index (χ0) is 12.3. The van der Waals surface area contributed by atoms with Crippen LogP contribution < -0.4 is 4.74 Å². The second kappa shape index (κ2) is 4.91. The number of hydrogen-bond acceptors (Lipinski definition) is 4. The molecule has 0 atom stereocenters. The van der Waals surface area contributed by atoms with E-state index in [1.165, 1.54) is 12.7 Å². The minimum Gasteiger partial charge on any atom is -0.496 e. The lowest BCUT2D eigenvalue weighted by molar-refractivity contribution is 0.409. The van der Waals surface area contributed by atoms with Crippen LogP contribution in [0.1, 0.15) is 25.3 Å². The summed E-state index contributed by atoms with van der Waals surface area (Å²) in [6.07, 6.45) is 2.98. The van der Waals surface area contributed by atoms with Crippen LogP contribution in [-0.2, 0) is 0 Å². The molecule has 0 aliphatic carbocycles. The fraction of sp³-hybridized carbons (Fsp3) is 0.308. The van der Waals surface area contributed by atoms with Crippen molar-refractivity contribution in [2.75, 3.05) is 7.11 Å². The Hall–Kier alpha value is -1.97. The van der Waals surface area contributed by atoms with Crippen molar-refractivity contribution in [3.63, 3.8) is 0 Å². The Labute approximate surface area is 101 Å². The topological polar surface area (TPSA) is 47.9 Å². The molecule has 0 N–H and O–H groups in total. The van der Waals surface area contributed by atoms with Gasteiger partial charge >= 0.3 is 0 Å². The maximum atomic E-state index is 5.49. The Bertz CT molecular complexity index is 497. The third kappa shape index (κ3) is 2.25. The van der Waals surface area contributed by atoms with Gasteiger partial charge in [-0.3, -0.25) is 0 Å². The maximum absolute atomic E-state index is 5.49. The minimum atomic E-state index is 0.395. The van der Waals surface area contributed by atoms with Crippen LogP contribution >= 0.6 is 0 Å². The average molecular weight is 229 g/mol. The first kappa shape index (κ1) is 11.5. The molecular weight excluding hydrogens is 214 g/mol. The standard InChI is InChI=1S/C13H15N3O/c1-9(2)10-5-4-6-11(12(10)17-3)13-15-7-14-8-16-13/h4-9H,1-3H3. The summed E-state index contributed by atoms with van der Waals surface area (Å²) >= 11 is 0. The molecule has 1 aromatic carbocycles. The minimum absolute atomic E-state index is 0.395. The lowest BCUT2D eigenvalue weighted by atomic mass is 9.99. The first-order chi connectivity index (χ1) is 8.24. The highest BCUT2D eigenvalue weighted by atomic mass is 16.5. The molecule has 1 aromatic heterocycles. The van der Waals surface area contributed by atoms with E-state index in [-0.39, 0.29) is 0 Å². The van der Waals surface area contributed by atoms with Gasteiger partial charge in [-0.15, -0.1) is 0 Å². The van der Waals surface area contributed by atoms with Crippen LogP contribution in [0.3, 0.4) is 0 Å². The van der Waals surface area contributed by atoms with Gasteiger partial charge in [0.05, 0.1) is 12.7 Å². The number of ether oxygens (including phenoxy) is 1. The van der Waals surface area contributed by atoms with Crippen molar-refractivity contribution in [3.8, 4) is 17.1 Å². The molecule has 0 saturated carbocycles. The Morgan fingerprint density at radius 3 is 2.41 bits per heavy atom. The fourth-order valence-corrected chi connectivity index (χ4v) is 1.79. The van der Waals surface area contributed by atoms with E-state index in [1.807, 2.05) is 12.1 Å². The van der Waals surface area contributed by atoms with Gasteiger partial charge in [0, 0.05) is 0 Å². The summed E-state index contributed by atoms with van der Waals surface area (Å²) in [5.41, 5.74) is 2.06. The third-order valence-electron chi connectivity index (χ3n) is 2.61. The molecule has 0 bridgehead atoms. The van der Waals surface area contributed by atoms with E-state index in [9.17, 15) is 0 Å². The van der Waals surface area contributed by atoms with E-state index >= 15 is 0 Å². The fourth-order valence-electron chi connectivity index (χ4n) is 1.79. The second-order valence-corrected chi connectivity index (χ2v) is 4.04.